The van der Waals surface area contributed by atoms with Gasteiger partial charge in [0, 0.05) is 0 Å². The largest absolute Gasteiger partial charge is 0.394 e. The van der Waals surface area contributed by atoms with Gasteiger partial charge >= 0.3 is 0 Å². The highest BCUT2D eigenvalue weighted by atomic mass is 17.3. The number of aliphatic hydroxyl groups is 3. The summed E-state index contributed by atoms with van der Waals surface area (Å²) in [6, 6.07) is 0. The van der Waals surface area contributed by atoms with Crippen molar-refractivity contribution in [3.8, 4) is 0 Å². The van der Waals surface area contributed by atoms with E-state index in [1.165, 1.54) is 0 Å². The quantitative estimate of drug-likeness (QED) is 0.393. The van der Waals surface area contributed by atoms with Crippen LogP contribution in [0.4, 0.5) is 0 Å². The molecule has 12 heavy (non-hydrogen) atoms. The molecule has 5 atom stereocenters. The zero-order valence-corrected chi connectivity index (χ0v) is 6.16. The van der Waals surface area contributed by atoms with Crippen LogP contribution in [0.1, 0.15) is 0 Å². The van der Waals surface area contributed by atoms with Crippen LogP contribution < -0.4 is 0 Å². The fourth-order valence-corrected chi connectivity index (χ4v) is 1.34. The van der Waals surface area contributed by atoms with Gasteiger partial charge in [0.15, 0.2) is 18.5 Å². The predicted molar refractivity (Wildman–Crippen MR) is 33.7 cm³/mol. The summed E-state index contributed by atoms with van der Waals surface area (Å²) in [4.78, 5) is 9.04. The van der Waals surface area contributed by atoms with Crippen molar-refractivity contribution in [2.24, 2.45) is 0 Å². The predicted octanol–water partition coefficient (Wildman–Crippen LogP) is -2.24. The van der Waals surface area contributed by atoms with E-state index in [-0.39, 0.29) is 6.61 Å². The molecular formula is C6H10O6. The lowest BCUT2D eigenvalue weighted by molar-refractivity contribution is -0.525. The highest BCUT2D eigenvalue weighted by Gasteiger charge is 2.53. The summed E-state index contributed by atoms with van der Waals surface area (Å²) < 4.78 is 4.83. The number of ether oxygens (including phenoxy) is 1. The second kappa shape index (κ2) is 2.91. The van der Waals surface area contributed by atoms with Crippen LogP contribution in [0.5, 0.6) is 0 Å². The van der Waals surface area contributed by atoms with E-state index in [1.807, 2.05) is 0 Å². The van der Waals surface area contributed by atoms with Gasteiger partial charge in [-0.2, -0.15) is 0 Å². The molecular weight excluding hydrogens is 168 g/mol. The Kier molecular flexibility index (Phi) is 2.03. The average Bonchev–Trinajstić information content (AvgIpc) is 1.95. The summed E-state index contributed by atoms with van der Waals surface area (Å²) in [6.07, 6.45) is -4.11. The van der Waals surface area contributed by atoms with E-state index in [9.17, 15) is 5.11 Å². The van der Waals surface area contributed by atoms with Crippen LogP contribution in [-0.2, 0) is 14.5 Å². The molecule has 2 rings (SSSR count). The standard InChI is InChI=1S/C6H10O6/c7-1-2-3(8)4-5(12-11-4)6(9)10-2/h2-9H,1H2/t2-,3-,4+,5+,6+/m1/s1. The molecule has 0 radical (unpaired) electrons. The molecule has 2 aliphatic rings. The minimum absolute atomic E-state index is 0.356. The first-order valence-corrected chi connectivity index (χ1v) is 3.68. The summed E-state index contributed by atoms with van der Waals surface area (Å²) in [5.74, 6) is 0. The minimum Gasteiger partial charge on any atom is -0.394 e. The molecule has 6 heteroatoms. The van der Waals surface area contributed by atoms with Crippen LogP contribution in [0.2, 0.25) is 0 Å². The highest BCUT2D eigenvalue weighted by Crippen LogP contribution is 2.31. The molecule has 0 unspecified atom stereocenters. The van der Waals surface area contributed by atoms with Crippen molar-refractivity contribution in [3.05, 3.63) is 0 Å². The van der Waals surface area contributed by atoms with E-state index in [2.05, 4.69) is 9.78 Å². The fourth-order valence-electron chi connectivity index (χ4n) is 1.34. The molecule has 6 nitrogen and oxygen atoms in total. The molecule has 3 N–H and O–H groups in total. The Labute approximate surface area is 68.2 Å². The Morgan fingerprint density at radius 1 is 1.08 bits per heavy atom. The number of fused-ring (bicyclic) bond motifs is 1. The Morgan fingerprint density at radius 3 is 2.25 bits per heavy atom. The third-order valence-corrected chi connectivity index (χ3v) is 2.09. The van der Waals surface area contributed by atoms with Crippen molar-refractivity contribution < 1.29 is 29.8 Å². The molecule has 0 aromatic carbocycles. The lowest BCUT2D eigenvalue weighted by Crippen LogP contribution is -2.65. The molecule has 2 heterocycles. The zero-order chi connectivity index (χ0) is 8.72. The van der Waals surface area contributed by atoms with E-state index in [0.29, 0.717) is 0 Å². The van der Waals surface area contributed by atoms with Crippen LogP contribution in [0, 0.1) is 0 Å². The number of aliphatic hydroxyl groups excluding tert-OH is 3. The van der Waals surface area contributed by atoms with Crippen LogP contribution in [0.3, 0.4) is 0 Å². The maximum Gasteiger partial charge on any atom is 0.187 e. The lowest BCUT2D eigenvalue weighted by Gasteiger charge is -2.46. The smallest absolute Gasteiger partial charge is 0.187 e. The van der Waals surface area contributed by atoms with E-state index >= 15 is 0 Å². The Hall–Kier alpha value is -0.240. The summed E-state index contributed by atoms with van der Waals surface area (Å²) in [5, 5.41) is 27.3. The Bertz CT molecular complexity index is 169. The van der Waals surface area contributed by atoms with E-state index in [0.717, 1.165) is 0 Å². The number of hydrogen-bond donors (Lipinski definition) is 3. The lowest BCUT2D eigenvalue weighted by atomic mass is 9.98. The van der Waals surface area contributed by atoms with E-state index < -0.39 is 30.7 Å². The molecule has 0 aromatic rings. The van der Waals surface area contributed by atoms with Crippen LogP contribution >= 0.6 is 0 Å². The first-order valence-electron chi connectivity index (χ1n) is 3.68. The van der Waals surface area contributed by atoms with Crippen LogP contribution in [0.25, 0.3) is 0 Å². The third kappa shape index (κ3) is 1.05. The van der Waals surface area contributed by atoms with Crippen molar-refractivity contribution >= 4 is 0 Å². The maximum absolute atomic E-state index is 9.38. The van der Waals surface area contributed by atoms with Gasteiger partial charge in [-0.3, -0.25) is 0 Å². The van der Waals surface area contributed by atoms with Crippen molar-refractivity contribution in [1.82, 2.24) is 0 Å². The Morgan fingerprint density at radius 2 is 1.75 bits per heavy atom. The van der Waals surface area contributed by atoms with Gasteiger partial charge in [-0.1, -0.05) is 0 Å². The van der Waals surface area contributed by atoms with Crippen molar-refractivity contribution in [2.45, 2.75) is 30.7 Å². The molecule has 2 saturated heterocycles. The molecule has 0 spiro atoms. The van der Waals surface area contributed by atoms with Gasteiger partial charge in [0.05, 0.1) is 6.61 Å². The van der Waals surface area contributed by atoms with Gasteiger partial charge in [0.2, 0.25) is 0 Å². The molecule has 0 aliphatic carbocycles. The Balaban J connectivity index is 2.04. The molecule has 0 bridgehead atoms. The second-order valence-corrected chi connectivity index (χ2v) is 2.86. The summed E-state index contributed by atoms with van der Waals surface area (Å²) in [7, 11) is 0. The summed E-state index contributed by atoms with van der Waals surface area (Å²) >= 11 is 0. The molecule has 0 amide bonds. The molecule has 0 aromatic heterocycles. The van der Waals surface area contributed by atoms with Crippen LogP contribution in [-0.4, -0.2) is 52.6 Å². The topological polar surface area (TPSA) is 88.4 Å². The van der Waals surface area contributed by atoms with Crippen molar-refractivity contribution in [1.29, 1.82) is 0 Å². The zero-order valence-electron chi connectivity index (χ0n) is 6.16. The normalized spacial score (nSPS) is 52.8. The highest BCUT2D eigenvalue weighted by molar-refractivity contribution is 4.92. The fraction of sp³-hybridized carbons (Fsp3) is 1.00. The maximum atomic E-state index is 9.38. The monoisotopic (exact) mass is 178 g/mol. The first kappa shape index (κ1) is 8.36. The van der Waals surface area contributed by atoms with Gasteiger partial charge in [0.1, 0.15) is 12.2 Å². The van der Waals surface area contributed by atoms with E-state index in [4.69, 9.17) is 14.9 Å². The van der Waals surface area contributed by atoms with Crippen molar-refractivity contribution in [3.63, 3.8) is 0 Å². The van der Waals surface area contributed by atoms with Gasteiger partial charge in [-0.05, 0) is 0 Å². The number of hydrogen-bond acceptors (Lipinski definition) is 6. The van der Waals surface area contributed by atoms with Gasteiger partial charge in [-0.15, -0.1) is 0 Å². The van der Waals surface area contributed by atoms with Crippen LogP contribution in [0.15, 0.2) is 0 Å². The third-order valence-electron chi connectivity index (χ3n) is 2.09. The second-order valence-electron chi connectivity index (χ2n) is 2.86. The van der Waals surface area contributed by atoms with Gasteiger partial charge in [-0.25, -0.2) is 9.78 Å². The molecule has 2 aliphatic heterocycles. The SMILES string of the molecule is OC[C@H]1O[C@H](O)[C@H]2OO[C@H]2[C@@H]1O. The summed E-state index contributed by atoms with van der Waals surface area (Å²) in [6.45, 7) is -0.356. The van der Waals surface area contributed by atoms with Gasteiger partial charge in [0.25, 0.3) is 0 Å². The minimum atomic E-state index is -1.13. The average molecular weight is 178 g/mol. The van der Waals surface area contributed by atoms with Crippen molar-refractivity contribution in [2.75, 3.05) is 6.61 Å². The number of rotatable bonds is 1. The molecule has 70 valence electrons. The molecule has 0 saturated carbocycles. The molecule has 2 fully saturated rings. The van der Waals surface area contributed by atoms with Gasteiger partial charge < -0.3 is 20.1 Å². The summed E-state index contributed by atoms with van der Waals surface area (Å²) in [5.41, 5.74) is 0. The first-order chi connectivity index (χ1) is 5.74. The van der Waals surface area contributed by atoms with E-state index in [1.54, 1.807) is 0 Å².